The largest absolute Gasteiger partial charge is 0.490 e. The molecule has 0 aromatic heterocycles. The van der Waals surface area contributed by atoms with Crippen LogP contribution in [0.25, 0.3) is 0 Å². The van der Waals surface area contributed by atoms with Gasteiger partial charge < -0.3 is 19.9 Å². The fourth-order valence-corrected chi connectivity index (χ4v) is 2.70. The molecule has 0 amide bonds. The number of nitrogens with one attached hydrogen (secondary N) is 1. The average molecular weight is 350 g/mol. The fraction of sp³-hybridized carbons (Fsp3) is 0.368. The normalized spacial score (nSPS) is 12.0. The average Bonchev–Trinajstić information content (AvgIpc) is 2.59. The zero-order chi connectivity index (χ0) is 17.4. The minimum atomic E-state index is -0.546. The van der Waals surface area contributed by atoms with Crippen molar-refractivity contribution in [2.24, 2.45) is 0 Å². The Kier molecular flexibility index (Phi) is 7.37. The van der Waals surface area contributed by atoms with Crippen molar-refractivity contribution in [1.82, 2.24) is 5.32 Å². The van der Waals surface area contributed by atoms with Gasteiger partial charge in [-0.1, -0.05) is 41.9 Å². The van der Waals surface area contributed by atoms with Gasteiger partial charge in [0.15, 0.2) is 11.5 Å². The fourth-order valence-electron chi connectivity index (χ4n) is 2.42. The summed E-state index contributed by atoms with van der Waals surface area (Å²) in [5.41, 5.74) is 1.87. The number of benzene rings is 2. The molecule has 0 radical (unpaired) electrons. The number of rotatable bonds is 9. The summed E-state index contributed by atoms with van der Waals surface area (Å²) in [6.07, 6.45) is -0.546. The van der Waals surface area contributed by atoms with E-state index in [-0.39, 0.29) is 0 Å². The van der Waals surface area contributed by atoms with Crippen molar-refractivity contribution in [1.29, 1.82) is 0 Å². The summed E-state index contributed by atoms with van der Waals surface area (Å²) in [5, 5.41) is 13.9. The predicted molar refractivity (Wildman–Crippen MR) is 96.9 cm³/mol. The molecule has 2 N–H and O–H groups in total. The maximum atomic E-state index is 10.2. The summed E-state index contributed by atoms with van der Waals surface area (Å²) in [5.74, 6) is 1.22. The molecule has 0 saturated carbocycles. The smallest absolute Gasteiger partial charge is 0.179 e. The molecular weight excluding hydrogens is 326 g/mol. The zero-order valence-corrected chi connectivity index (χ0v) is 14.8. The van der Waals surface area contributed by atoms with Crippen LogP contribution in [0, 0.1) is 0 Å². The van der Waals surface area contributed by atoms with Gasteiger partial charge in [-0.2, -0.15) is 0 Å². The van der Waals surface area contributed by atoms with E-state index in [1.807, 2.05) is 56.3 Å². The number of hydrogen-bond donors (Lipinski definition) is 2. The van der Waals surface area contributed by atoms with Crippen molar-refractivity contribution in [3.05, 3.63) is 58.6 Å². The lowest BCUT2D eigenvalue weighted by Gasteiger charge is -2.16. The molecule has 0 unspecified atom stereocenters. The number of hydrogen-bond acceptors (Lipinski definition) is 4. The van der Waals surface area contributed by atoms with Crippen LogP contribution in [0.4, 0.5) is 0 Å². The summed E-state index contributed by atoms with van der Waals surface area (Å²) in [4.78, 5) is 0. The highest BCUT2D eigenvalue weighted by Crippen LogP contribution is 2.36. The van der Waals surface area contributed by atoms with E-state index < -0.39 is 6.10 Å². The van der Waals surface area contributed by atoms with E-state index >= 15 is 0 Å². The van der Waals surface area contributed by atoms with Gasteiger partial charge in [-0.25, -0.2) is 0 Å². The van der Waals surface area contributed by atoms with Crippen LogP contribution in [0.3, 0.4) is 0 Å². The second-order valence-electron chi connectivity index (χ2n) is 5.33. The second-order valence-corrected chi connectivity index (χ2v) is 5.74. The van der Waals surface area contributed by atoms with Gasteiger partial charge in [-0.3, -0.25) is 0 Å². The standard InChI is InChI=1S/C19H24ClNO3/c1-3-23-18-11-14(10-16(20)19(18)24-4-2)12-21-13-17(22)15-8-6-5-7-9-15/h5-11,17,21-22H,3-4,12-13H2,1-2H3/t17-/m0/s1. The summed E-state index contributed by atoms with van der Waals surface area (Å²) < 4.78 is 11.2. The van der Waals surface area contributed by atoms with Crippen molar-refractivity contribution in [2.75, 3.05) is 19.8 Å². The van der Waals surface area contributed by atoms with Crippen molar-refractivity contribution >= 4 is 11.6 Å². The lowest BCUT2D eigenvalue weighted by molar-refractivity contribution is 0.174. The van der Waals surface area contributed by atoms with E-state index in [2.05, 4.69) is 5.32 Å². The Labute approximate surface area is 148 Å². The highest BCUT2D eigenvalue weighted by atomic mass is 35.5. The monoisotopic (exact) mass is 349 g/mol. The van der Waals surface area contributed by atoms with E-state index in [9.17, 15) is 5.11 Å². The van der Waals surface area contributed by atoms with E-state index in [0.717, 1.165) is 11.1 Å². The first-order valence-corrected chi connectivity index (χ1v) is 8.55. The van der Waals surface area contributed by atoms with Gasteiger partial charge in [0.1, 0.15) is 0 Å². The molecule has 0 bridgehead atoms. The number of aliphatic hydroxyl groups is 1. The van der Waals surface area contributed by atoms with Gasteiger partial charge in [0.2, 0.25) is 0 Å². The van der Waals surface area contributed by atoms with Crippen LogP contribution >= 0.6 is 11.6 Å². The van der Waals surface area contributed by atoms with E-state index in [1.165, 1.54) is 0 Å². The van der Waals surface area contributed by atoms with Gasteiger partial charge in [-0.15, -0.1) is 0 Å². The molecule has 4 nitrogen and oxygen atoms in total. The molecule has 0 heterocycles. The molecule has 0 aliphatic rings. The number of halogens is 1. The first kappa shape index (κ1) is 18.6. The molecule has 0 saturated heterocycles. The molecule has 0 aliphatic carbocycles. The van der Waals surface area contributed by atoms with Crippen LogP contribution in [0.15, 0.2) is 42.5 Å². The van der Waals surface area contributed by atoms with Crippen LogP contribution in [0.1, 0.15) is 31.1 Å². The van der Waals surface area contributed by atoms with Crippen molar-refractivity contribution < 1.29 is 14.6 Å². The maximum Gasteiger partial charge on any atom is 0.179 e. The Balaban J connectivity index is 1.99. The molecule has 2 aromatic rings. The number of ether oxygens (including phenoxy) is 2. The minimum Gasteiger partial charge on any atom is -0.490 e. The lowest BCUT2D eigenvalue weighted by Crippen LogP contribution is -2.21. The van der Waals surface area contributed by atoms with Crippen LogP contribution in [-0.2, 0) is 6.54 Å². The zero-order valence-electron chi connectivity index (χ0n) is 14.1. The summed E-state index contributed by atoms with van der Waals surface area (Å²) in [6, 6.07) is 13.4. The summed E-state index contributed by atoms with van der Waals surface area (Å²) >= 11 is 6.30. The lowest BCUT2D eigenvalue weighted by atomic mass is 10.1. The maximum absolute atomic E-state index is 10.2. The molecule has 2 aromatic carbocycles. The van der Waals surface area contributed by atoms with Crippen molar-refractivity contribution in [3.63, 3.8) is 0 Å². The quantitative estimate of drug-likeness (QED) is 0.719. The van der Waals surface area contributed by atoms with Crippen LogP contribution in [0.5, 0.6) is 11.5 Å². The molecule has 5 heteroatoms. The summed E-state index contributed by atoms with van der Waals surface area (Å²) in [6.45, 7) is 5.94. The number of aliphatic hydroxyl groups excluding tert-OH is 1. The molecule has 0 aliphatic heterocycles. The van der Waals surface area contributed by atoms with E-state index in [1.54, 1.807) is 0 Å². The topological polar surface area (TPSA) is 50.7 Å². The second kappa shape index (κ2) is 9.52. The Morgan fingerprint density at radius 2 is 1.79 bits per heavy atom. The van der Waals surface area contributed by atoms with Crippen LogP contribution < -0.4 is 14.8 Å². The van der Waals surface area contributed by atoms with Gasteiger partial charge in [0.25, 0.3) is 0 Å². The minimum absolute atomic E-state index is 0.457. The van der Waals surface area contributed by atoms with Crippen LogP contribution in [0.2, 0.25) is 5.02 Å². The first-order chi connectivity index (χ1) is 11.7. The Morgan fingerprint density at radius 3 is 2.46 bits per heavy atom. The van der Waals surface area contributed by atoms with Crippen LogP contribution in [-0.4, -0.2) is 24.9 Å². The van der Waals surface area contributed by atoms with E-state index in [0.29, 0.717) is 42.8 Å². The van der Waals surface area contributed by atoms with Gasteiger partial charge in [0, 0.05) is 13.1 Å². The van der Waals surface area contributed by atoms with Crippen molar-refractivity contribution in [3.8, 4) is 11.5 Å². The third-order valence-electron chi connectivity index (χ3n) is 3.51. The summed E-state index contributed by atoms with van der Waals surface area (Å²) in [7, 11) is 0. The Morgan fingerprint density at radius 1 is 1.08 bits per heavy atom. The molecular formula is C19H24ClNO3. The molecule has 2 rings (SSSR count). The highest BCUT2D eigenvalue weighted by molar-refractivity contribution is 6.32. The van der Waals surface area contributed by atoms with Gasteiger partial charge in [-0.05, 0) is 37.1 Å². The Bertz CT molecular complexity index is 634. The molecule has 24 heavy (non-hydrogen) atoms. The Hall–Kier alpha value is -1.75. The van der Waals surface area contributed by atoms with Crippen molar-refractivity contribution in [2.45, 2.75) is 26.5 Å². The van der Waals surface area contributed by atoms with Gasteiger partial charge >= 0.3 is 0 Å². The SMILES string of the molecule is CCOc1cc(CNC[C@H](O)c2ccccc2)cc(Cl)c1OCC. The third kappa shape index (κ3) is 5.13. The molecule has 0 spiro atoms. The first-order valence-electron chi connectivity index (χ1n) is 8.17. The van der Waals surface area contributed by atoms with E-state index in [4.69, 9.17) is 21.1 Å². The molecule has 1 atom stereocenters. The predicted octanol–water partition coefficient (Wildman–Crippen LogP) is 3.96. The van der Waals surface area contributed by atoms with Gasteiger partial charge in [0.05, 0.1) is 24.3 Å². The molecule has 0 fully saturated rings. The highest BCUT2D eigenvalue weighted by Gasteiger charge is 2.13. The third-order valence-corrected chi connectivity index (χ3v) is 3.79. The molecule has 130 valence electrons.